The lowest BCUT2D eigenvalue weighted by Gasteiger charge is -2.15. The van der Waals surface area contributed by atoms with Gasteiger partial charge >= 0.3 is 0 Å². The van der Waals surface area contributed by atoms with E-state index in [-0.39, 0.29) is 22.9 Å². The number of nitrogens with zero attached hydrogens (tertiary/aromatic N) is 1. The second-order valence-corrected chi connectivity index (χ2v) is 6.64. The summed E-state index contributed by atoms with van der Waals surface area (Å²) < 4.78 is 25.1. The van der Waals surface area contributed by atoms with Gasteiger partial charge in [0.15, 0.2) is 0 Å². The summed E-state index contributed by atoms with van der Waals surface area (Å²) in [5.41, 5.74) is 7.21. The molecule has 1 atom stereocenters. The molecular formula is C19H20ClF2N3O2. The van der Waals surface area contributed by atoms with Gasteiger partial charge in [0.25, 0.3) is 12.3 Å². The minimum atomic E-state index is -2.54. The van der Waals surface area contributed by atoms with E-state index in [1.165, 1.54) is 41.3 Å². The SMILES string of the molecule is CN(C)C(=O)c1ccc(NC(=O)C(N)Cc2ccc(C(F)F)cc2)cc1Cl. The Balaban J connectivity index is 2.01. The number of nitrogens with two attached hydrogens (primary N) is 1. The van der Waals surface area contributed by atoms with Crippen molar-refractivity contribution in [2.45, 2.75) is 18.9 Å². The standard InChI is InChI=1S/C19H20ClF2N3O2/c1-25(2)19(27)14-8-7-13(10-15(14)20)24-18(26)16(23)9-11-3-5-12(6-4-11)17(21)22/h3-8,10,16-17H,9,23H2,1-2H3,(H,24,26). The molecule has 0 radical (unpaired) electrons. The zero-order valence-corrected chi connectivity index (χ0v) is 15.6. The molecule has 2 rings (SSSR count). The lowest BCUT2D eigenvalue weighted by molar-refractivity contribution is -0.117. The second-order valence-electron chi connectivity index (χ2n) is 6.24. The smallest absolute Gasteiger partial charge is 0.263 e. The summed E-state index contributed by atoms with van der Waals surface area (Å²) in [6.07, 6.45) is -2.34. The fraction of sp³-hybridized carbons (Fsp3) is 0.263. The molecule has 2 aromatic carbocycles. The molecular weight excluding hydrogens is 376 g/mol. The Kier molecular flexibility index (Phi) is 6.87. The van der Waals surface area contributed by atoms with Gasteiger partial charge in [0, 0.05) is 25.3 Å². The van der Waals surface area contributed by atoms with Crippen molar-refractivity contribution in [2.75, 3.05) is 19.4 Å². The van der Waals surface area contributed by atoms with Crippen LogP contribution in [0.2, 0.25) is 5.02 Å². The molecule has 8 heteroatoms. The first-order chi connectivity index (χ1) is 12.7. The van der Waals surface area contributed by atoms with E-state index in [0.29, 0.717) is 16.8 Å². The number of hydrogen-bond acceptors (Lipinski definition) is 3. The Bertz CT molecular complexity index is 826. The highest BCUT2D eigenvalue weighted by molar-refractivity contribution is 6.34. The van der Waals surface area contributed by atoms with E-state index in [2.05, 4.69) is 5.32 Å². The highest BCUT2D eigenvalue weighted by Crippen LogP contribution is 2.22. The van der Waals surface area contributed by atoms with E-state index in [1.807, 2.05) is 0 Å². The molecule has 27 heavy (non-hydrogen) atoms. The van der Waals surface area contributed by atoms with Gasteiger partial charge in [0.2, 0.25) is 5.91 Å². The van der Waals surface area contributed by atoms with E-state index in [4.69, 9.17) is 17.3 Å². The lowest BCUT2D eigenvalue weighted by atomic mass is 10.0. The molecule has 5 nitrogen and oxygen atoms in total. The maximum atomic E-state index is 12.6. The summed E-state index contributed by atoms with van der Waals surface area (Å²) in [7, 11) is 3.22. The topological polar surface area (TPSA) is 75.4 Å². The van der Waals surface area contributed by atoms with Crippen LogP contribution in [0.15, 0.2) is 42.5 Å². The molecule has 0 spiro atoms. The Morgan fingerprint density at radius 1 is 1.15 bits per heavy atom. The van der Waals surface area contributed by atoms with Crippen LogP contribution >= 0.6 is 11.6 Å². The molecule has 0 heterocycles. The summed E-state index contributed by atoms with van der Waals surface area (Å²) in [5.74, 6) is -0.697. The Hall–Kier alpha value is -2.51. The fourth-order valence-electron chi connectivity index (χ4n) is 2.39. The molecule has 1 unspecified atom stereocenters. The number of carbonyl (C=O) groups is 2. The molecule has 2 aromatic rings. The third-order valence-corrected chi connectivity index (χ3v) is 4.21. The van der Waals surface area contributed by atoms with Gasteiger partial charge in [-0.2, -0.15) is 0 Å². The molecule has 2 amide bonds. The highest BCUT2D eigenvalue weighted by Gasteiger charge is 2.17. The van der Waals surface area contributed by atoms with Crippen molar-refractivity contribution in [3.05, 3.63) is 64.2 Å². The largest absolute Gasteiger partial charge is 0.345 e. The maximum absolute atomic E-state index is 12.6. The van der Waals surface area contributed by atoms with Crippen LogP contribution in [0.3, 0.4) is 0 Å². The fourth-order valence-corrected chi connectivity index (χ4v) is 2.65. The van der Waals surface area contributed by atoms with Crippen molar-refractivity contribution in [3.63, 3.8) is 0 Å². The van der Waals surface area contributed by atoms with Crippen molar-refractivity contribution in [1.82, 2.24) is 4.90 Å². The summed E-state index contributed by atoms with van der Waals surface area (Å²) in [4.78, 5) is 25.6. The third kappa shape index (κ3) is 5.48. The average molecular weight is 396 g/mol. The van der Waals surface area contributed by atoms with E-state index in [0.717, 1.165) is 0 Å². The van der Waals surface area contributed by atoms with Crippen LogP contribution in [-0.2, 0) is 11.2 Å². The first-order valence-corrected chi connectivity index (χ1v) is 8.51. The van der Waals surface area contributed by atoms with Crippen molar-refractivity contribution in [2.24, 2.45) is 5.73 Å². The number of alkyl halides is 2. The van der Waals surface area contributed by atoms with Gasteiger partial charge in [-0.05, 0) is 30.2 Å². The Morgan fingerprint density at radius 2 is 1.78 bits per heavy atom. The van der Waals surface area contributed by atoms with Crippen molar-refractivity contribution >= 4 is 29.1 Å². The third-order valence-electron chi connectivity index (χ3n) is 3.90. The number of benzene rings is 2. The van der Waals surface area contributed by atoms with Gasteiger partial charge in [0.05, 0.1) is 16.6 Å². The van der Waals surface area contributed by atoms with E-state index in [1.54, 1.807) is 20.2 Å². The zero-order chi connectivity index (χ0) is 20.1. The molecule has 0 aliphatic heterocycles. The Morgan fingerprint density at radius 3 is 2.30 bits per heavy atom. The predicted octanol–water partition coefficient (Wildman–Crippen LogP) is 3.49. The molecule has 3 N–H and O–H groups in total. The van der Waals surface area contributed by atoms with Crippen LogP contribution < -0.4 is 11.1 Å². The number of rotatable bonds is 6. The minimum absolute atomic E-state index is 0.0845. The summed E-state index contributed by atoms with van der Waals surface area (Å²) in [6, 6.07) is 9.35. The molecule has 0 aromatic heterocycles. The molecule has 0 aliphatic rings. The molecule has 0 fully saturated rings. The van der Waals surface area contributed by atoms with Crippen LogP contribution in [0, 0.1) is 0 Å². The van der Waals surface area contributed by atoms with Crippen molar-refractivity contribution in [3.8, 4) is 0 Å². The highest BCUT2D eigenvalue weighted by atomic mass is 35.5. The molecule has 0 bridgehead atoms. The Labute approximate surface area is 161 Å². The van der Waals surface area contributed by atoms with Gasteiger partial charge in [-0.3, -0.25) is 9.59 Å². The molecule has 144 valence electrons. The van der Waals surface area contributed by atoms with Crippen LogP contribution in [0.25, 0.3) is 0 Å². The van der Waals surface area contributed by atoms with Crippen LogP contribution in [0.4, 0.5) is 14.5 Å². The minimum Gasteiger partial charge on any atom is -0.345 e. The monoisotopic (exact) mass is 395 g/mol. The number of hydrogen-bond donors (Lipinski definition) is 2. The van der Waals surface area contributed by atoms with E-state index in [9.17, 15) is 18.4 Å². The van der Waals surface area contributed by atoms with Gasteiger partial charge < -0.3 is 16.0 Å². The van der Waals surface area contributed by atoms with Crippen molar-refractivity contribution in [1.29, 1.82) is 0 Å². The van der Waals surface area contributed by atoms with Gasteiger partial charge in [-0.15, -0.1) is 0 Å². The number of amides is 2. The van der Waals surface area contributed by atoms with Crippen LogP contribution in [0.1, 0.15) is 27.9 Å². The number of carbonyl (C=O) groups excluding carboxylic acids is 2. The van der Waals surface area contributed by atoms with Gasteiger partial charge in [0.1, 0.15) is 0 Å². The zero-order valence-electron chi connectivity index (χ0n) is 14.9. The lowest BCUT2D eigenvalue weighted by Crippen LogP contribution is -2.37. The number of nitrogens with one attached hydrogen (secondary N) is 1. The molecule has 0 saturated carbocycles. The summed E-state index contributed by atoms with van der Waals surface area (Å²) in [5, 5.41) is 2.85. The first-order valence-electron chi connectivity index (χ1n) is 8.13. The normalized spacial score (nSPS) is 12.0. The number of anilines is 1. The predicted molar refractivity (Wildman–Crippen MR) is 101 cm³/mol. The summed E-state index contributed by atoms with van der Waals surface area (Å²) in [6.45, 7) is 0. The summed E-state index contributed by atoms with van der Waals surface area (Å²) >= 11 is 6.11. The first kappa shape index (κ1) is 20.8. The quantitative estimate of drug-likeness (QED) is 0.786. The van der Waals surface area contributed by atoms with Gasteiger partial charge in [-0.1, -0.05) is 35.9 Å². The van der Waals surface area contributed by atoms with E-state index >= 15 is 0 Å². The van der Waals surface area contributed by atoms with Crippen LogP contribution in [0.5, 0.6) is 0 Å². The van der Waals surface area contributed by atoms with Gasteiger partial charge in [-0.25, -0.2) is 8.78 Å². The number of halogens is 3. The average Bonchev–Trinajstić information content (AvgIpc) is 2.61. The van der Waals surface area contributed by atoms with Crippen LogP contribution in [-0.4, -0.2) is 36.9 Å². The second kappa shape index (κ2) is 8.92. The van der Waals surface area contributed by atoms with Crippen molar-refractivity contribution < 1.29 is 18.4 Å². The molecule has 0 saturated heterocycles. The van der Waals surface area contributed by atoms with E-state index < -0.39 is 18.4 Å². The molecule has 0 aliphatic carbocycles. The maximum Gasteiger partial charge on any atom is 0.263 e.